The Morgan fingerprint density at radius 1 is 1.04 bits per heavy atom. The number of anilines is 1. The molecule has 0 aromatic heterocycles. The summed E-state index contributed by atoms with van der Waals surface area (Å²) in [6, 6.07) is 11.1. The first-order valence-electron chi connectivity index (χ1n) is 7.65. The molecule has 0 aliphatic heterocycles. The van der Waals surface area contributed by atoms with Crippen molar-refractivity contribution in [1.29, 1.82) is 0 Å². The van der Waals surface area contributed by atoms with Crippen molar-refractivity contribution in [3.8, 4) is 0 Å². The molecule has 2 aromatic rings. The van der Waals surface area contributed by atoms with Gasteiger partial charge in [-0.15, -0.1) is 0 Å². The van der Waals surface area contributed by atoms with E-state index < -0.39 is 17.6 Å². The van der Waals surface area contributed by atoms with E-state index in [4.69, 9.17) is 0 Å². The van der Waals surface area contributed by atoms with Gasteiger partial charge in [-0.25, -0.2) is 0 Å². The van der Waals surface area contributed by atoms with Gasteiger partial charge in [0.25, 0.3) is 5.91 Å². The normalized spacial score (nSPS) is 11.4. The average molecular weight is 362 g/mol. The molecule has 2 amide bonds. The van der Waals surface area contributed by atoms with Crippen LogP contribution in [0.5, 0.6) is 0 Å². The predicted molar refractivity (Wildman–Crippen MR) is 93.6 cm³/mol. The number of carbonyl (C=O) groups is 2. The maximum atomic E-state index is 12.7. The number of nitrogens with zero attached hydrogens (tertiary/aromatic N) is 1. The summed E-state index contributed by atoms with van der Waals surface area (Å²) in [5.41, 5.74) is 0.299. The molecular formula is C19H17F3N2O2. The van der Waals surface area contributed by atoms with Gasteiger partial charge in [0.2, 0.25) is 5.91 Å². The van der Waals surface area contributed by atoms with Crippen molar-refractivity contribution in [2.24, 2.45) is 0 Å². The molecule has 0 spiro atoms. The minimum absolute atomic E-state index is 0.208. The van der Waals surface area contributed by atoms with Gasteiger partial charge in [0.05, 0.1) is 5.56 Å². The molecule has 4 nitrogen and oxygen atoms in total. The van der Waals surface area contributed by atoms with Crippen LogP contribution in [0.3, 0.4) is 0 Å². The third-order valence-corrected chi connectivity index (χ3v) is 3.42. The maximum Gasteiger partial charge on any atom is 0.416 e. The zero-order valence-electron chi connectivity index (χ0n) is 14.2. The molecule has 2 rings (SSSR count). The van der Waals surface area contributed by atoms with E-state index in [0.717, 1.165) is 18.2 Å². The van der Waals surface area contributed by atoms with Gasteiger partial charge < -0.3 is 10.2 Å². The van der Waals surface area contributed by atoms with Crippen molar-refractivity contribution in [3.05, 3.63) is 71.3 Å². The maximum absolute atomic E-state index is 12.7. The minimum Gasteiger partial charge on any atom is -0.345 e. The molecule has 0 bridgehead atoms. The van der Waals surface area contributed by atoms with Crippen molar-refractivity contribution in [1.82, 2.24) is 4.90 Å². The third-order valence-electron chi connectivity index (χ3n) is 3.42. The van der Waals surface area contributed by atoms with Gasteiger partial charge in [-0.05, 0) is 42.0 Å². The van der Waals surface area contributed by atoms with E-state index in [1.165, 1.54) is 29.2 Å². The zero-order valence-corrected chi connectivity index (χ0v) is 14.2. The third kappa shape index (κ3) is 5.20. The molecule has 7 heteroatoms. The van der Waals surface area contributed by atoms with Crippen LogP contribution in [0.4, 0.5) is 18.9 Å². The summed E-state index contributed by atoms with van der Waals surface area (Å²) in [4.78, 5) is 25.3. The molecule has 0 fully saturated rings. The number of benzene rings is 2. The van der Waals surface area contributed by atoms with E-state index in [0.29, 0.717) is 11.3 Å². The van der Waals surface area contributed by atoms with Crippen LogP contribution in [-0.4, -0.2) is 30.8 Å². The van der Waals surface area contributed by atoms with Crippen LogP contribution in [0.15, 0.2) is 54.6 Å². The molecule has 0 aliphatic rings. The van der Waals surface area contributed by atoms with Crippen LogP contribution in [-0.2, 0) is 11.0 Å². The summed E-state index contributed by atoms with van der Waals surface area (Å²) >= 11 is 0. The van der Waals surface area contributed by atoms with Crippen molar-refractivity contribution >= 4 is 23.6 Å². The summed E-state index contributed by atoms with van der Waals surface area (Å²) in [5, 5.41) is 2.57. The van der Waals surface area contributed by atoms with Crippen LogP contribution in [0.2, 0.25) is 0 Å². The summed E-state index contributed by atoms with van der Waals surface area (Å²) in [6.45, 7) is 0. The van der Waals surface area contributed by atoms with Gasteiger partial charge in [-0.3, -0.25) is 9.59 Å². The fraction of sp³-hybridized carbons (Fsp3) is 0.158. The van der Waals surface area contributed by atoms with E-state index in [9.17, 15) is 22.8 Å². The number of amides is 2. The van der Waals surface area contributed by atoms with Crippen molar-refractivity contribution in [2.45, 2.75) is 6.18 Å². The predicted octanol–water partition coefficient (Wildman–Crippen LogP) is 4.06. The van der Waals surface area contributed by atoms with E-state index in [-0.39, 0.29) is 11.5 Å². The molecule has 0 unspecified atom stereocenters. The average Bonchev–Trinajstić information content (AvgIpc) is 2.59. The lowest BCUT2D eigenvalue weighted by Gasteiger charge is -2.11. The Balaban J connectivity index is 2.08. The van der Waals surface area contributed by atoms with E-state index in [1.807, 2.05) is 0 Å². The van der Waals surface area contributed by atoms with Gasteiger partial charge >= 0.3 is 6.18 Å². The summed E-state index contributed by atoms with van der Waals surface area (Å²) in [7, 11) is 3.23. The lowest BCUT2D eigenvalue weighted by molar-refractivity contribution is -0.137. The number of nitrogens with one attached hydrogen (secondary N) is 1. The molecule has 26 heavy (non-hydrogen) atoms. The first kappa shape index (κ1) is 19.2. The van der Waals surface area contributed by atoms with E-state index >= 15 is 0 Å². The highest BCUT2D eigenvalue weighted by atomic mass is 19.4. The van der Waals surface area contributed by atoms with Gasteiger partial charge in [0.1, 0.15) is 0 Å². The Bertz CT molecular complexity index is 843. The molecule has 0 heterocycles. The van der Waals surface area contributed by atoms with Crippen LogP contribution >= 0.6 is 0 Å². The molecule has 0 radical (unpaired) electrons. The fourth-order valence-corrected chi connectivity index (χ4v) is 2.16. The van der Waals surface area contributed by atoms with Crippen molar-refractivity contribution in [3.63, 3.8) is 0 Å². The van der Waals surface area contributed by atoms with Crippen molar-refractivity contribution in [2.75, 3.05) is 19.4 Å². The van der Waals surface area contributed by atoms with E-state index in [1.54, 1.807) is 32.3 Å². The summed E-state index contributed by atoms with van der Waals surface area (Å²) in [5.74, 6) is -0.725. The molecule has 0 atom stereocenters. The Morgan fingerprint density at radius 3 is 2.38 bits per heavy atom. The largest absolute Gasteiger partial charge is 0.416 e. The van der Waals surface area contributed by atoms with Crippen molar-refractivity contribution < 1.29 is 22.8 Å². The topological polar surface area (TPSA) is 49.4 Å². The van der Waals surface area contributed by atoms with Gasteiger partial charge in [0, 0.05) is 31.4 Å². The molecule has 1 N–H and O–H groups in total. The Kier molecular flexibility index (Phi) is 5.82. The lowest BCUT2D eigenvalue weighted by atomic mass is 10.1. The summed E-state index contributed by atoms with van der Waals surface area (Å²) < 4.78 is 38.0. The molecule has 0 saturated heterocycles. The standard InChI is InChI=1S/C19H17F3N2O2/c1-24(2)18(26)14-6-4-8-16(12-14)23-17(25)10-9-13-5-3-7-15(11-13)19(20,21)22/h3-12H,1-2H3,(H,23,25)/b10-9+. The van der Waals surface area contributed by atoms with Crippen LogP contribution in [0.25, 0.3) is 6.08 Å². The number of hydrogen-bond acceptors (Lipinski definition) is 2. The SMILES string of the molecule is CN(C)C(=O)c1cccc(NC(=O)/C=C/c2cccc(C(F)(F)F)c2)c1. The minimum atomic E-state index is -4.44. The molecule has 136 valence electrons. The van der Waals surface area contributed by atoms with Gasteiger partial charge in [0.15, 0.2) is 0 Å². The Morgan fingerprint density at radius 2 is 1.73 bits per heavy atom. The first-order valence-corrected chi connectivity index (χ1v) is 7.65. The second-order valence-corrected chi connectivity index (χ2v) is 5.73. The Labute approximate surface area is 148 Å². The molecule has 0 saturated carbocycles. The second-order valence-electron chi connectivity index (χ2n) is 5.73. The van der Waals surface area contributed by atoms with Gasteiger partial charge in [-0.2, -0.15) is 13.2 Å². The monoisotopic (exact) mass is 362 g/mol. The van der Waals surface area contributed by atoms with Crippen LogP contribution in [0.1, 0.15) is 21.5 Å². The quantitative estimate of drug-likeness (QED) is 0.834. The van der Waals surface area contributed by atoms with Crippen LogP contribution in [0, 0.1) is 0 Å². The molecule has 2 aromatic carbocycles. The molecular weight excluding hydrogens is 345 g/mol. The smallest absolute Gasteiger partial charge is 0.345 e. The summed E-state index contributed by atoms with van der Waals surface area (Å²) in [6.07, 6.45) is -2.01. The number of rotatable bonds is 4. The van der Waals surface area contributed by atoms with Gasteiger partial charge in [-0.1, -0.05) is 18.2 Å². The highest BCUT2D eigenvalue weighted by Gasteiger charge is 2.30. The highest BCUT2D eigenvalue weighted by Crippen LogP contribution is 2.29. The number of alkyl halides is 3. The highest BCUT2D eigenvalue weighted by molar-refractivity contribution is 6.03. The molecule has 0 aliphatic carbocycles. The lowest BCUT2D eigenvalue weighted by Crippen LogP contribution is -2.21. The second kappa shape index (κ2) is 7.86. The first-order chi connectivity index (χ1) is 12.2. The number of hydrogen-bond donors (Lipinski definition) is 1. The zero-order chi connectivity index (χ0) is 19.3. The Hall–Kier alpha value is -3.09. The van der Waals surface area contributed by atoms with Crippen LogP contribution < -0.4 is 5.32 Å². The number of carbonyl (C=O) groups excluding carboxylic acids is 2. The number of halogens is 3. The fourth-order valence-electron chi connectivity index (χ4n) is 2.16. The van der Waals surface area contributed by atoms with E-state index in [2.05, 4.69) is 5.32 Å².